The summed E-state index contributed by atoms with van der Waals surface area (Å²) in [6, 6.07) is 7.04. The standard InChI is InChI=1S/C14H15FN4O2/c1-19(14-16-7-10(15)8-17-14)9-13(20)18-11-4-3-5-12(6-11)21-2/h3-8H,9H2,1-2H3,(H,18,20). The summed E-state index contributed by atoms with van der Waals surface area (Å²) < 4.78 is 17.8. The first-order valence-corrected chi connectivity index (χ1v) is 6.21. The van der Waals surface area contributed by atoms with Crippen LogP contribution in [0.3, 0.4) is 0 Å². The zero-order valence-electron chi connectivity index (χ0n) is 11.7. The van der Waals surface area contributed by atoms with E-state index in [1.165, 1.54) is 4.90 Å². The third kappa shape index (κ3) is 4.13. The van der Waals surface area contributed by atoms with Crippen LogP contribution < -0.4 is 15.0 Å². The van der Waals surface area contributed by atoms with Gasteiger partial charge in [0.25, 0.3) is 0 Å². The molecule has 6 nitrogen and oxygen atoms in total. The number of carbonyl (C=O) groups excluding carboxylic acids is 1. The number of hydrogen-bond donors (Lipinski definition) is 1. The number of aromatic nitrogens is 2. The van der Waals surface area contributed by atoms with E-state index in [1.54, 1.807) is 38.4 Å². The lowest BCUT2D eigenvalue weighted by Crippen LogP contribution is -2.31. The van der Waals surface area contributed by atoms with Crippen LogP contribution in [0.1, 0.15) is 0 Å². The van der Waals surface area contributed by atoms with Gasteiger partial charge in [-0.05, 0) is 12.1 Å². The van der Waals surface area contributed by atoms with Crippen molar-refractivity contribution < 1.29 is 13.9 Å². The van der Waals surface area contributed by atoms with Crippen molar-refractivity contribution >= 4 is 17.5 Å². The third-order valence-electron chi connectivity index (χ3n) is 2.68. The van der Waals surface area contributed by atoms with E-state index >= 15 is 0 Å². The molecule has 0 aliphatic rings. The molecule has 0 aliphatic heterocycles. The second kappa shape index (κ2) is 6.65. The number of nitrogens with one attached hydrogen (secondary N) is 1. The summed E-state index contributed by atoms with van der Waals surface area (Å²) in [4.78, 5) is 21.1. The fraction of sp³-hybridized carbons (Fsp3) is 0.214. The molecule has 1 heterocycles. The van der Waals surface area contributed by atoms with Gasteiger partial charge in [0.1, 0.15) is 5.75 Å². The molecule has 0 radical (unpaired) electrons. The molecule has 1 aromatic heterocycles. The third-order valence-corrected chi connectivity index (χ3v) is 2.68. The van der Waals surface area contributed by atoms with Gasteiger partial charge in [0, 0.05) is 18.8 Å². The molecule has 0 unspecified atom stereocenters. The monoisotopic (exact) mass is 290 g/mol. The van der Waals surface area contributed by atoms with E-state index in [1.807, 2.05) is 0 Å². The zero-order valence-corrected chi connectivity index (χ0v) is 11.7. The molecule has 21 heavy (non-hydrogen) atoms. The van der Waals surface area contributed by atoms with Gasteiger partial charge in [-0.1, -0.05) is 6.07 Å². The lowest BCUT2D eigenvalue weighted by Gasteiger charge is -2.16. The summed E-state index contributed by atoms with van der Waals surface area (Å²) >= 11 is 0. The van der Waals surface area contributed by atoms with Crippen molar-refractivity contribution in [2.75, 3.05) is 30.9 Å². The molecule has 1 amide bonds. The molecular weight excluding hydrogens is 275 g/mol. The molecule has 1 N–H and O–H groups in total. The van der Waals surface area contributed by atoms with Gasteiger partial charge in [-0.25, -0.2) is 14.4 Å². The molecule has 0 fully saturated rings. The number of methoxy groups -OCH3 is 1. The Hall–Kier alpha value is -2.70. The second-order valence-corrected chi connectivity index (χ2v) is 4.34. The minimum atomic E-state index is -0.520. The Balaban J connectivity index is 1.96. The van der Waals surface area contributed by atoms with Crippen LogP contribution in [0.2, 0.25) is 0 Å². The Kier molecular flexibility index (Phi) is 4.65. The van der Waals surface area contributed by atoms with E-state index in [9.17, 15) is 9.18 Å². The largest absolute Gasteiger partial charge is 0.497 e. The second-order valence-electron chi connectivity index (χ2n) is 4.34. The Morgan fingerprint density at radius 1 is 1.38 bits per heavy atom. The van der Waals surface area contributed by atoms with Crippen LogP contribution in [-0.2, 0) is 4.79 Å². The summed E-state index contributed by atoms with van der Waals surface area (Å²) in [5.41, 5.74) is 0.632. The van der Waals surface area contributed by atoms with Gasteiger partial charge in [-0.2, -0.15) is 0 Å². The topological polar surface area (TPSA) is 67.3 Å². The number of benzene rings is 1. The minimum Gasteiger partial charge on any atom is -0.497 e. The Morgan fingerprint density at radius 2 is 2.10 bits per heavy atom. The highest BCUT2D eigenvalue weighted by Gasteiger charge is 2.10. The maximum absolute atomic E-state index is 12.7. The van der Waals surface area contributed by atoms with Crippen molar-refractivity contribution in [1.29, 1.82) is 0 Å². The van der Waals surface area contributed by atoms with Crippen molar-refractivity contribution in [3.63, 3.8) is 0 Å². The number of nitrogens with zero attached hydrogens (tertiary/aromatic N) is 3. The summed E-state index contributed by atoms with van der Waals surface area (Å²) in [5, 5.41) is 2.74. The first-order chi connectivity index (χ1) is 10.1. The molecule has 0 aliphatic carbocycles. The molecule has 2 rings (SSSR count). The zero-order chi connectivity index (χ0) is 15.2. The normalized spacial score (nSPS) is 10.0. The highest BCUT2D eigenvalue weighted by atomic mass is 19.1. The Bertz CT molecular complexity index is 619. The summed E-state index contributed by atoms with van der Waals surface area (Å²) in [6.07, 6.45) is 2.11. The molecule has 0 saturated heterocycles. The molecule has 0 saturated carbocycles. The Morgan fingerprint density at radius 3 is 2.76 bits per heavy atom. The SMILES string of the molecule is COc1cccc(NC(=O)CN(C)c2ncc(F)cn2)c1. The van der Waals surface area contributed by atoms with Gasteiger partial charge in [0.15, 0.2) is 5.82 Å². The van der Waals surface area contributed by atoms with Crippen LogP contribution in [0.25, 0.3) is 0 Å². The molecule has 0 atom stereocenters. The van der Waals surface area contributed by atoms with Crippen molar-refractivity contribution in [2.45, 2.75) is 0 Å². The summed E-state index contributed by atoms with van der Waals surface area (Å²) in [5.74, 6) is 0.173. The quantitative estimate of drug-likeness (QED) is 0.907. The minimum absolute atomic E-state index is 0.0445. The smallest absolute Gasteiger partial charge is 0.243 e. The number of rotatable bonds is 5. The van der Waals surface area contributed by atoms with Gasteiger partial charge < -0.3 is 15.0 Å². The molecule has 7 heteroatoms. The van der Waals surface area contributed by atoms with Crippen LogP contribution in [-0.4, -0.2) is 36.6 Å². The molecule has 0 bridgehead atoms. The molecule has 1 aromatic carbocycles. The predicted molar refractivity (Wildman–Crippen MR) is 76.9 cm³/mol. The van der Waals surface area contributed by atoms with E-state index in [2.05, 4.69) is 15.3 Å². The van der Waals surface area contributed by atoms with Gasteiger partial charge in [0.2, 0.25) is 11.9 Å². The number of amides is 1. The summed E-state index contributed by atoms with van der Waals surface area (Å²) in [6.45, 7) is 0.0445. The van der Waals surface area contributed by atoms with E-state index < -0.39 is 5.82 Å². The molecular formula is C14H15FN4O2. The number of carbonyl (C=O) groups is 1. The maximum atomic E-state index is 12.7. The molecule has 2 aromatic rings. The molecule has 0 spiro atoms. The van der Waals surface area contributed by atoms with Gasteiger partial charge >= 0.3 is 0 Å². The first-order valence-electron chi connectivity index (χ1n) is 6.21. The summed E-state index contributed by atoms with van der Waals surface area (Å²) in [7, 11) is 3.21. The lowest BCUT2D eigenvalue weighted by molar-refractivity contribution is -0.114. The van der Waals surface area contributed by atoms with Crippen LogP contribution in [0.5, 0.6) is 5.75 Å². The van der Waals surface area contributed by atoms with Crippen LogP contribution in [0.4, 0.5) is 16.0 Å². The van der Waals surface area contributed by atoms with E-state index in [-0.39, 0.29) is 18.4 Å². The predicted octanol–water partition coefficient (Wildman–Crippen LogP) is 1.70. The number of anilines is 2. The average Bonchev–Trinajstić information content (AvgIpc) is 2.47. The van der Waals surface area contributed by atoms with Crippen LogP contribution >= 0.6 is 0 Å². The van der Waals surface area contributed by atoms with Crippen LogP contribution in [0, 0.1) is 5.82 Å². The fourth-order valence-corrected chi connectivity index (χ4v) is 1.69. The maximum Gasteiger partial charge on any atom is 0.243 e. The van der Waals surface area contributed by atoms with Crippen molar-refractivity contribution in [3.8, 4) is 5.75 Å². The fourth-order valence-electron chi connectivity index (χ4n) is 1.69. The highest BCUT2D eigenvalue weighted by molar-refractivity contribution is 5.93. The van der Waals surface area contributed by atoms with Gasteiger partial charge in [0.05, 0.1) is 26.0 Å². The van der Waals surface area contributed by atoms with Crippen molar-refractivity contribution in [3.05, 3.63) is 42.5 Å². The number of halogens is 1. The van der Waals surface area contributed by atoms with Crippen LogP contribution in [0.15, 0.2) is 36.7 Å². The van der Waals surface area contributed by atoms with Gasteiger partial charge in [-0.15, -0.1) is 0 Å². The van der Waals surface area contributed by atoms with E-state index in [0.29, 0.717) is 11.4 Å². The molecule has 110 valence electrons. The number of likely N-dealkylation sites (N-methyl/N-ethyl adjacent to an activating group) is 1. The van der Waals surface area contributed by atoms with Crippen molar-refractivity contribution in [1.82, 2.24) is 9.97 Å². The number of hydrogen-bond acceptors (Lipinski definition) is 5. The lowest BCUT2D eigenvalue weighted by atomic mass is 10.3. The number of ether oxygens (including phenoxy) is 1. The van der Waals surface area contributed by atoms with Gasteiger partial charge in [-0.3, -0.25) is 4.79 Å². The Labute approximate surface area is 121 Å². The highest BCUT2D eigenvalue weighted by Crippen LogP contribution is 2.16. The van der Waals surface area contributed by atoms with E-state index in [4.69, 9.17) is 4.74 Å². The van der Waals surface area contributed by atoms with Crippen molar-refractivity contribution in [2.24, 2.45) is 0 Å². The average molecular weight is 290 g/mol. The van der Waals surface area contributed by atoms with E-state index in [0.717, 1.165) is 12.4 Å². The first kappa shape index (κ1) is 14.7.